The first-order chi connectivity index (χ1) is 7.19. The van der Waals surface area contributed by atoms with E-state index >= 15 is 0 Å². The van der Waals surface area contributed by atoms with Crippen LogP contribution in [0.25, 0.3) is 0 Å². The van der Waals surface area contributed by atoms with Crippen molar-refractivity contribution in [2.45, 2.75) is 19.4 Å². The highest BCUT2D eigenvalue weighted by Crippen LogP contribution is 2.25. The van der Waals surface area contributed by atoms with Gasteiger partial charge in [0.25, 0.3) is 0 Å². The summed E-state index contributed by atoms with van der Waals surface area (Å²) < 4.78 is 1.96. The van der Waals surface area contributed by atoms with Crippen LogP contribution in [-0.2, 0) is 0 Å². The first-order valence-electron chi connectivity index (χ1n) is 4.56. The van der Waals surface area contributed by atoms with E-state index in [4.69, 9.17) is 0 Å². The quantitative estimate of drug-likeness (QED) is 0.860. The van der Waals surface area contributed by atoms with Gasteiger partial charge in [-0.1, -0.05) is 0 Å². The van der Waals surface area contributed by atoms with E-state index in [0.29, 0.717) is 0 Å². The van der Waals surface area contributed by atoms with Crippen LogP contribution in [0.15, 0.2) is 21.2 Å². The Labute approximate surface area is 107 Å². The lowest BCUT2D eigenvalue weighted by molar-refractivity contribution is 0.591. The number of nitrogens with one attached hydrogen (secondary N) is 1. The predicted molar refractivity (Wildman–Crippen MR) is 69.5 cm³/mol. The standard InChI is InChI=1S/C11H12Br2N2/c1-3-4-5-10(14-2)11-9(13)6-8(12)7-15-11/h6-7,10,14H,5H2,1-2H3. The van der Waals surface area contributed by atoms with Crippen molar-refractivity contribution in [3.05, 3.63) is 26.9 Å². The molecule has 1 N–H and O–H groups in total. The SMILES string of the molecule is CC#CCC(NC)c1ncc(Br)cc1Br. The normalized spacial score (nSPS) is 11.7. The molecule has 1 unspecified atom stereocenters. The summed E-state index contributed by atoms with van der Waals surface area (Å²) in [4.78, 5) is 4.38. The Balaban J connectivity index is 2.94. The Hall–Kier alpha value is -0.370. The number of aromatic nitrogens is 1. The van der Waals surface area contributed by atoms with Crippen LogP contribution >= 0.6 is 31.9 Å². The predicted octanol–water partition coefficient (Wildman–Crippen LogP) is 3.28. The Morgan fingerprint density at radius 3 is 2.80 bits per heavy atom. The fourth-order valence-electron chi connectivity index (χ4n) is 1.22. The molecule has 1 aromatic rings. The molecule has 1 atom stereocenters. The molecule has 0 spiro atoms. The second-order valence-electron chi connectivity index (χ2n) is 2.99. The monoisotopic (exact) mass is 330 g/mol. The summed E-state index contributed by atoms with van der Waals surface area (Å²) in [6.45, 7) is 1.84. The van der Waals surface area contributed by atoms with E-state index in [1.54, 1.807) is 6.20 Å². The van der Waals surface area contributed by atoms with Gasteiger partial charge in [0.2, 0.25) is 0 Å². The summed E-state index contributed by atoms with van der Waals surface area (Å²) in [5.41, 5.74) is 0.989. The molecule has 1 rings (SSSR count). The van der Waals surface area contributed by atoms with Crippen LogP contribution in [0.4, 0.5) is 0 Å². The highest BCUT2D eigenvalue weighted by Gasteiger charge is 2.12. The molecule has 80 valence electrons. The molecule has 1 heterocycles. The zero-order valence-corrected chi connectivity index (χ0v) is 11.8. The summed E-state index contributed by atoms with van der Waals surface area (Å²) in [6, 6.07) is 2.16. The fraction of sp³-hybridized carbons (Fsp3) is 0.364. The number of hydrogen-bond donors (Lipinski definition) is 1. The van der Waals surface area contributed by atoms with Crippen molar-refractivity contribution in [3.8, 4) is 11.8 Å². The number of halogens is 2. The molecular formula is C11H12Br2N2. The maximum atomic E-state index is 4.38. The van der Waals surface area contributed by atoms with E-state index in [9.17, 15) is 0 Å². The third-order valence-electron chi connectivity index (χ3n) is 2.00. The Bertz CT molecular complexity index is 393. The Morgan fingerprint density at radius 2 is 2.27 bits per heavy atom. The third kappa shape index (κ3) is 3.60. The van der Waals surface area contributed by atoms with Crippen molar-refractivity contribution in [3.63, 3.8) is 0 Å². The van der Waals surface area contributed by atoms with Gasteiger partial charge in [0.05, 0.1) is 11.7 Å². The fourth-order valence-corrected chi connectivity index (χ4v) is 2.48. The summed E-state index contributed by atoms with van der Waals surface area (Å²) in [5, 5.41) is 3.20. The minimum Gasteiger partial charge on any atom is -0.311 e. The minimum absolute atomic E-state index is 0.167. The van der Waals surface area contributed by atoms with Gasteiger partial charge in [-0.05, 0) is 51.9 Å². The lowest BCUT2D eigenvalue weighted by Gasteiger charge is -2.14. The average Bonchev–Trinajstić information content (AvgIpc) is 2.21. The van der Waals surface area contributed by atoms with Crippen molar-refractivity contribution in [2.75, 3.05) is 7.05 Å². The third-order valence-corrected chi connectivity index (χ3v) is 3.07. The van der Waals surface area contributed by atoms with Crippen molar-refractivity contribution in [1.29, 1.82) is 0 Å². The smallest absolute Gasteiger partial charge is 0.0725 e. The number of rotatable bonds is 3. The molecule has 0 aliphatic heterocycles. The second-order valence-corrected chi connectivity index (χ2v) is 4.76. The van der Waals surface area contributed by atoms with Gasteiger partial charge in [-0.25, -0.2) is 0 Å². The lowest BCUT2D eigenvalue weighted by atomic mass is 10.1. The van der Waals surface area contributed by atoms with Crippen molar-refractivity contribution < 1.29 is 0 Å². The second kappa shape index (κ2) is 6.26. The van der Waals surface area contributed by atoms with Crippen molar-refractivity contribution in [1.82, 2.24) is 10.3 Å². The summed E-state index contributed by atoms with van der Waals surface area (Å²) >= 11 is 6.88. The topological polar surface area (TPSA) is 24.9 Å². The molecule has 0 saturated carbocycles. The van der Waals surface area contributed by atoms with Crippen LogP contribution < -0.4 is 5.32 Å². The van der Waals surface area contributed by atoms with E-state index in [2.05, 4.69) is 54.0 Å². The number of hydrogen-bond acceptors (Lipinski definition) is 2. The molecule has 0 bridgehead atoms. The molecule has 0 aliphatic carbocycles. The highest BCUT2D eigenvalue weighted by atomic mass is 79.9. The van der Waals surface area contributed by atoms with E-state index in [0.717, 1.165) is 21.1 Å². The molecule has 0 saturated heterocycles. The summed E-state index contributed by atoms with van der Waals surface area (Å²) in [7, 11) is 1.91. The highest BCUT2D eigenvalue weighted by molar-refractivity contribution is 9.11. The van der Waals surface area contributed by atoms with Gasteiger partial charge >= 0.3 is 0 Å². The van der Waals surface area contributed by atoms with E-state index in [1.165, 1.54) is 0 Å². The van der Waals surface area contributed by atoms with Gasteiger partial charge in [-0.3, -0.25) is 4.98 Å². The van der Waals surface area contributed by atoms with Gasteiger partial charge in [0, 0.05) is 21.6 Å². The first-order valence-corrected chi connectivity index (χ1v) is 6.15. The first kappa shape index (κ1) is 12.7. The van der Waals surface area contributed by atoms with E-state index in [-0.39, 0.29) is 6.04 Å². The van der Waals surface area contributed by atoms with E-state index < -0.39 is 0 Å². The van der Waals surface area contributed by atoms with Crippen molar-refractivity contribution >= 4 is 31.9 Å². The van der Waals surface area contributed by atoms with Crippen LogP contribution in [0.3, 0.4) is 0 Å². The molecule has 15 heavy (non-hydrogen) atoms. The van der Waals surface area contributed by atoms with Gasteiger partial charge in [0.15, 0.2) is 0 Å². The van der Waals surface area contributed by atoms with Gasteiger partial charge in [0.1, 0.15) is 0 Å². The minimum atomic E-state index is 0.167. The van der Waals surface area contributed by atoms with Crippen LogP contribution in [0.2, 0.25) is 0 Å². The van der Waals surface area contributed by atoms with Crippen LogP contribution in [0.1, 0.15) is 25.1 Å². The Morgan fingerprint density at radius 1 is 1.53 bits per heavy atom. The number of nitrogens with zero attached hydrogens (tertiary/aromatic N) is 1. The summed E-state index contributed by atoms with van der Waals surface area (Å²) in [5.74, 6) is 5.95. The van der Waals surface area contributed by atoms with Gasteiger partial charge in [-0.15, -0.1) is 11.8 Å². The molecule has 0 radical (unpaired) electrons. The Kier molecular flexibility index (Phi) is 5.30. The van der Waals surface area contributed by atoms with Crippen LogP contribution in [0, 0.1) is 11.8 Å². The molecule has 4 heteroatoms. The zero-order chi connectivity index (χ0) is 11.3. The molecule has 0 aromatic carbocycles. The summed E-state index contributed by atoms with van der Waals surface area (Å²) in [6.07, 6.45) is 2.56. The average molecular weight is 332 g/mol. The maximum absolute atomic E-state index is 4.38. The van der Waals surface area contributed by atoms with Crippen LogP contribution in [0.5, 0.6) is 0 Å². The molecule has 2 nitrogen and oxygen atoms in total. The molecular weight excluding hydrogens is 320 g/mol. The molecule has 0 amide bonds. The zero-order valence-electron chi connectivity index (χ0n) is 8.64. The molecule has 1 aromatic heterocycles. The molecule has 0 fully saturated rings. The largest absolute Gasteiger partial charge is 0.311 e. The maximum Gasteiger partial charge on any atom is 0.0725 e. The van der Waals surface area contributed by atoms with Gasteiger partial charge < -0.3 is 5.32 Å². The molecule has 0 aliphatic rings. The lowest BCUT2D eigenvalue weighted by Crippen LogP contribution is -2.17. The van der Waals surface area contributed by atoms with Crippen LogP contribution in [-0.4, -0.2) is 12.0 Å². The number of pyridine rings is 1. The van der Waals surface area contributed by atoms with Gasteiger partial charge in [-0.2, -0.15) is 0 Å². The van der Waals surface area contributed by atoms with E-state index in [1.807, 2.05) is 20.0 Å². The van der Waals surface area contributed by atoms with Crippen molar-refractivity contribution in [2.24, 2.45) is 0 Å².